The first-order chi connectivity index (χ1) is 10.6. The van der Waals surface area contributed by atoms with Gasteiger partial charge >= 0.3 is 0 Å². The lowest BCUT2D eigenvalue weighted by molar-refractivity contribution is 0.0847. The van der Waals surface area contributed by atoms with E-state index in [1.165, 1.54) is 17.7 Å². The van der Waals surface area contributed by atoms with Crippen LogP contribution in [-0.4, -0.2) is 18.9 Å². The van der Waals surface area contributed by atoms with Gasteiger partial charge in [0.25, 0.3) is 0 Å². The fourth-order valence-electron chi connectivity index (χ4n) is 3.25. The summed E-state index contributed by atoms with van der Waals surface area (Å²) in [5, 5.41) is 3.32. The third-order valence-electron chi connectivity index (χ3n) is 4.60. The van der Waals surface area contributed by atoms with E-state index in [0.29, 0.717) is 5.56 Å². The summed E-state index contributed by atoms with van der Waals surface area (Å²) in [5.74, 6) is -0.218. The molecule has 0 atom stereocenters. The van der Waals surface area contributed by atoms with Crippen molar-refractivity contribution in [2.45, 2.75) is 25.2 Å². The van der Waals surface area contributed by atoms with Crippen molar-refractivity contribution in [2.75, 3.05) is 13.1 Å². The fourth-order valence-corrected chi connectivity index (χ4v) is 3.25. The van der Waals surface area contributed by atoms with E-state index in [1.807, 2.05) is 6.92 Å². The number of Topliss-reactive ketones (excluding diaryl/α,β-unsaturated/α-hetero) is 1. The van der Waals surface area contributed by atoms with Crippen LogP contribution in [0.2, 0.25) is 0 Å². The molecular weight excluding hydrogens is 277 g/mol. The molecule has 22 heavy (non-hydrogen) atoms. The Hall–Kier alpha value is -2.00. The van der Waals surface area contributed by atoms with E-state index in [9.17, 15) is 9.18 Å². The van der Waals surface area contributed by atoms with Crippen LogP contribution in [0, 0.1) is 12.7 Å². The molecule has 2 aromatic rings. The normalized spacial score (nSPS) is 17.2. The standard InChI is InChI=1S/C19H20FNO/c1-14-2-6-16(7-3-14)19(10-12-21-13-11-19)18(22)15-4-8-17(20)9-5-15/h2-9,21H,10-13H2,1H3. The van der Waals surface area contributed by atoms with Crippen LogP contribution in [-0.2, 0) is 5.41 Å². The Bertz CT molecular complexity index is 655. The molecular formula is C19H20FNO. The summed E-state index contributed by atoms with van der Waals surface area (Å²) in [4.78, 5) is 13.2. The highest BCUT2D eigenvalue weighted by Gasteiger charge is 2.41. The monoisotopic (exact) mass is 297 g/mol. The first-order valence-corrected chi connectivity index (χ1v) is 7.70. The highest BCUT2D eigenvalue weighted by molar-refractivity contribution is 6.04. The maximum Gasteiger partial charge on any atom is 0.173 e. The molecule has 0 amide bonds. The van der Waals surface area contributed by atoms with Gasteiger partial charge in [0.2, 0.25) is 0 Å². The van der Waals surface area contributed by atoms with Gasteiger partial charge in [-0.1, -0.05) is 29.8 Å². The molecule has 1 fully saturated rings. The highest BCUT2D eigenvalue weighted by Crippen LogP contribution is 2.37. The second kappa shape index (κ2) is 6.01. The minimum Gasteiger partial charge on any atom is -0.317 e. The van der Waals surface area contributed by atoms with E-state index >= 15 is 0 Å². The zero-order valence-corrected chi connectivity index (χ0v) is 12.7. The predicted molar refractivity (Wildman–Crippen MR) is 85.7 cm³/mol. The van der Waals surface area contributed by atoms with Crippen molar-refractivity contribution in [1.29, 1.82) is 0 Å². The number of carbonyl (C=O) groups excluding carboxylic acids is 1. The van der Waals surface area contributed by atoms with Crippen LogP contribution in [0.15, 0.2) is 48.5 Å². The maximum absolute atomic E-state index is 13.2. The molecule has 2 aromatic carbocycles. The van der Waals surface area contributed by atoms with E-state index in [2.05, 4.69) is 29.6 Å². The SMILES string of the molecule is Cc1ccc(C2(C(=O)c3ccc(F)cc3)CCNCC2)cc1. The summed E-state index contributed by atoms with van der Waals surface area (Å²) in [6.07, 6.45) is 1.54. The van der Waals surface area contributed by atoms with Gasteiger partial charge in [-0.05, 0) is 62.7 Å². The molecule has 1 saturated heterocycles. The summed E-state index contributed by atoms with van der Waals surface area (Å²) in [5.41, 5.74) is 2.33. The minimum absolute atomic E-state index is 0.0952. The smallest absolute Gasteiger partial charge is 0.173 e. The van der Waals surface area contributed by atoms with Crippen LogP contribution in [0.4, 0.5) is 4.39 Å². The molecule has 3 heteroatoms. The van der Waals surface area contributed by atoms with Gasteiger partial charge in [0.15, 0.2) is 5.78 Å². The van der Waals surface area contributed by atoms with Gasteiger partial charge in [0.1, 0.15) is 5.82 Å². The molecule has 0 spiro atoms. The summed E-state index contributed by atoms with van der Waals surface area (Å²) < 4.78 is 13.1. The average Bonchev–Trinajstić information content (AvgIpc) is 2.56. The summed E-state index contributed by atoms with van der Waals surface area (Å²) in [6.45, 7) is 3.68. The van der Waals surface area contributed by atoms with Crippen molar-refractivity contribution in [2.24, 2.45) is 0 Å². The van der Waals surface area contributed by atoms with Gasteiger partial charge in [0.05, 0.1) is 5.41 Å². The van der Waals surface area contributed by atoms with Crippen LogP contribution in [0.25, 0.3) is 0 Å². The number of rotatable bonds is 3. The van der Waals surface area contributed by atoms with Crippen molar-refractivity contribution in [3.63, 3.8) is 0 Å². The number of nitrogens with one attached hydrogen (secondary N) is 1. The molecule has 1 aliphatic heterocycles. The molecule has 0 aliphatic carbocycles. The van der Waals surface area contributed by atoms with E-state index in [1.54, 1.807) is 12.1 Å². The molecule has 1 N–H and O–H groups in total. The van der Waals surface area contributed by atoms with E-state index in [-0.39, 0.29) is 11.6 Å². The van der Waals surface area contributed by atoms with Crippen molar-refractivity contribution in [3.05, 3.63) is 71.0 Å². The van der Waals surface area contributed by atoms with Crippen LogP contribution in [0.1, 0.15) is 34.3 Å². The number of hydrogen-bond donors (Lipinski definition) is 1. The Kier molecular flexibility index (Phi) is 4.08. The number of aryl methyl sites for hydroxylation is 1. The molecule has 0 bridgehead atoms. The lowest BCUT2D eigenvalue weighted by atomic mass is 9.68. The average molecular weight is 297 g/mol. The Morgan fingerprint density at radius 1 is 1.00 bits per heavy atom. The largest absolute Gasteiger partial charge is 0.317 e. The van der Waals surface area contributed by atoms with Crippen LogP contribution in [0.3, 0.4) is 0 Å². The van der Waals surface area contributed by atoms with Gasteiger partial charge in [-0.3, -0.25) is 4.79 Å². The highest BCUT2D eigenvalue weighted by atomic mass is 19.1. The van der Waals surface area contributed by atoms with Gasteiger partial charge in [-0.15, -0.1) is 0 Å². The topological polar surface area (TPSA) is 29.1 Å². The number of hydrogen-bond acceptors (Lipinski definition) is 2. The zero-order valence-electron chi connectivity index (χ0n) is 12.7. The van der Waals surface area contributed by atoms with Gasteiger partial charge in [-0.2, -0.15) is 0 Å². The molecule has 3 rings (SSSR count). The first kappa shape index (κ1) is 14.9. The molecule has 1 aliphatic rings. The van der Waals surface area contributed by atoms with Crippen molar-refractivity contribution in [3.8, 4) is 0 Å². The number of piperidine rings is 1. The second-order valence-electron chi connectivity index (χ2n) is 6.03. The molecule has 0 radical (unpaired) electrons. The summed E-state index contributed by atoms with van der Waals surface area (Å²) >= 11 is 0. The molecule has 0 saturated carbocycles. The van der Waals surface area contributed by atoms with Gasteiger partial charge < -0.3 is 5.32 Å². The quantitative estimate of drug-likeness (QED) is 0.876. The number of halogens is 1. The third-order valence-corrected chi connectivity index (χ3v) is 4.60. The maximum atomic E-state index is 13.2. The lowest BCUT2D eigenvalue weighted by Crippen LogP contribution is -2.45. The summed E-state index contributed by atoms with van der Waals surface area (Å²) in [6, 6.07) is 14.1. The Morgan fingerprint density at radius 2 is 1.59 bits per heavy atom. The number of ketones is 1. The lowest BCUT2D eigenvalue weighted by Gasteiger charge is -2.37. The Labute approximate surface area is 130 Å². The summed E-state index contributed by atoms with van der Waals surface area (Å²) in [7, 11) is 0. The van der Waals surface area contributed by atoms with Crippen LogP contribution in [0.5, 0.6) is 0 Å². The molecule has 1 heterocycles. The molecule has 114 valence electrons. The van der Waals surface area contributed by atoms with Gasteiger partial charge in [-0.25, -0.2) is 4.39 Å². The Morgan fingerprint density at radius 3 is 2.18 bits per heavy atom. The number of carbonyl (C=O) groups is 1. The molecule has 0 unspecified atom stereocenters. The number of benzene rings is 2. The van der Waals surface area contributed by atoms with Crippen molar-refractivity contribution < 1.29 is 9.18 Å². The van der Waals surface area contributed by atoms with E-state index < -0.39 is 5.41 Å². The first-order valence-electron chi connectivity index (χ1n) is 7.70. The van der Waals surface area contributed by atoms with Crippen molar-refractivity contribution in [1.82, 2.24) is 5.32 Å². The molecule has 0 aromatic heterocycles. The second-order valence-corrected chi connectivity index (χ2v) is 6.03. The Balaban J connectivity index is 2.03. The van der Waals surface area contributed by atoms with Crippen LogP contribution < -0.4 is 5.32 Å². The molecule has 2 nitrogen and oxygen atoms in total. The predicted octanol–water partition coefficient (Wildman–Crippen LogP) is 3.64. The zero-order chi connectivity index (χ0) is 15.6. The fraction of sp³-hybridized carbons (Fsp3) is 0.316. The van der Waals surface area contributed by atoms with Gasteiger partial charge in [0, 0.05) is 5.56 Å². The van der Waals surface area contributed by atoms with E-state index in [4.69, 9.17) is 0 Å². The van der Waals surface area contributed by atoms with Crippen LogP contribution >= 0.6 is 0 Å². The van der Waals surface area contributed by atoms with E-state index in [0.717, 1.165) is 31.5 Å². The van der Waals surface area contributed by atoms with Crippen molar-refractivity contribution >= 4 is 5.78 Å². The minimum atomic E-state index is -0.503. The third kappa shape index (κ3) is 2.69.